The molecule has 0 spiro atoms. The molecule has 0 aromatic carbocycles. The van der Waals surface area contributed by atoms with Gasteiger partial charge in [-0.2, -0.15) is 13.2 Å². The van der Waals surface area contributed by atoms with Gasteiger partial charge < -0.3 is 15.0 Å². The summed E-state index contributed by atoms with van der Waals surface area (Å²) < 4.78 is 43.3. The Balaban J connectivity index is 1.85. The smallest absolute Gasteiger partial charge is 0.451 e. The Labute approximate surface area is 128 Å². The van der Waals surface area contributed by atoms with E-state index in [-0.39, 0.29) is 29.4 Å². The minimum atomic E-state index is -4.66. The molecule has 23 heavy (non-hydrogen) atoms. The number of halogens is 3. The Morgan fingerprint density at radius 3 is 2.87 bits per heavy atom. The van der Waals surface area contributed by atoms with Crippen LogP contribution in [-0.2, 0) is 15.7 Å². The van der Waals surface area contributed by atoms with Gasteiger partial charge in [0.1, 0.15) is 5.52 Å². The van der Waals surface area contributed by atoms with Gasteiger partial charge in [-0.05, 0) is 19.3 Å². The molecule has 7 nitrogen and oxygen atoms in total. The monoisotopic (exact) mass is 329 g/mol. The van der Waals surface area contributed by atoms with Crippen molar-refractivity contribution in [3.05, 3.63) is 12.2 Å². The molecule has 124 valence electrons. The number of methoxy groups -OCH3 is 1. The Hall–Kier alpha value is -2.39. The zero-order chi connectivity index (χ0) is 16.6. The number of hydrogen-bond acceptors (Lipinski definition) is 6. The van der Waals surface area contributed by atoms with Crippen LogP contribution in [-0.4, -0.2) is 39.1 Å². The highest BCUT2D eigenvalue weighted by Crippen LogP contribution is 2.32. The van der Waals surface area contributed by atoms with Crippen molar-refractivity contribution in [1.29, 1.82) is 0 Å². The number of aromatic nitrogens is 4. The predicted molar refractivity (Wildman–Crippen MR) is 73.5 cm³/mol. The molecule has 0 bridgehead atoms. The minimum Gasteiger partial charge on any atom is -0.469 e. The highest BCUT2D eigenvalue weighted by atomic mass is 19.4. The molecule has 1 aliphatic rings. The van der Waals surface area contributed by atoms with Crippen LogP contribution in [0.4, 0.5) is 19.0 Å². The lowest BCUT2D eigenvalue weighted by Gasteiger charge is -2.15. The number of anilines is 1. The van der Waals surface area contributed by atoms with Gasteiger partial charge in [-0.15, -0.1) is 0 Å². The molecule has 2 N–H and O–H groups in total. The molecule has 1 fully saturated rings. The first-order chi connectivity index (χ1) is 10.9. The molecule has 2 aromatic heterocycles. The molecule has 1 aliphatic carbocycles. The number of ether oxygens (including phenoxy) is 1. The lowest BCUT2D eigenvalue weighted by molar-refractivity contribution is -0.145. The fraction of sp³-hybridized carbons (Fsp3) is 0.538. The van der Waals surface area contributed by atoms with E-state index in [9.17, 15) is 18.0 Å². The molecule has 0 unspecified atom stereocenters. The van der Waals surface area contributed by atoms with Gasteiger partial charge in [-0.25, -0.2) is 15.0 Å². The largest absolute Gasteiger partial charge is 0.469 e. The lowest BCUT2D eigenvalue weighted by Crippen LogP contribution is -2.21. The van der Waals surface area contributed by atoms with E-state index >= 15 is 0 Å². The second-order valence-electron chi connectivity index (χ2n) is 5.37. The second kappa shape index (κ2) is 5.67. The number of aromatic amines is 1. The average Bonchev–Trinajstić information content (AvgIpc) is 3.14. The molecule has 2 heterocycles. The second-order valence-corrected chi connectivity index (χ2v) is 5.37. The van der Waals surface area contributed by atoms with Gasteiger partial charge in [-0.1, -0.05) is 0 Å². The van der Waals surface area contributed by atoms with Crippen molar-refractivity contribution in [3.8, 4) is 0 Å². The van der Waals surface area contributed by atoms with Gasteiger partial charge in [0, 0.05) is 6.04 Å². The summed E-state index contributed by atoms with van der Waals surface area (Å²) >= 11 is 0. The Bertz CT molecular complexity index is 730. The van der Waals surface area contributed by atoms with Gasteiger partial charge in [-0.3, -0.25) is 4.79 Å². The van der Waals surface area contributed by atoms with E-state index in [1.54, 1.807) is 0 Å². The molecule has 0 radical (unpaired) electrons. The standard InChI is InChI=1S/C13H14F3N5O2/c1-23-11(22)6-2-3-7(4-6)19-10-8-9(18-5-17-8)20-12(21-10)13(14,15)16/h5-7H,2-4H2,1H3,(H2,17,18,19,20,21)/t6-,7+/m0/s1. The van der Waals surface area contributed by atoms with Crippen LogP contribution in [0.1, 0.15) is 25.1 Å². The van der Waals surface area contributed by atoms with Crippen molar-refractivity contribution >= 4 is 23.0 Å². The van der Waals surface area contributed by atoms with Crippen LogP contribution in [0.3, 0.4) is 0 Å². The van der Waals surface area contributed by atoms with E-state index in [2.05, 4.69) is 25.3 Å². The molecular formula is C13H14F3N5O2. The zero-order valence-corrected chi connectivity index (χ0v) is 12.1. The molecule has 3 rings (SSSR count). The number of imidazole rings is 1. The number of carbonyl (C=O) groups excluding carboxylic acids is 1. The van der Waals surface area contributed by atoms with E-state index in [4.69, 9.17) is 4.74 Å². The molecule has 1 saturated carbocycles. The minimum absolute atomic E-state index is 0.0374. The number of nitrogens with one attached hydrogen (secondary N) is 2. The molecule has 0 amide bonds. The number of hydrogen-bond donors (Lipinski definition) is 2. The third-order valence-electron chi connectivity index (χ3n) is 3.85. The van der Waals surface area contributed by atoms with Crippen molar-refractivity contribution in [3.63, 3.8) is 0 Å². The molecule has 2 atom stereocenters. The fourth-order valence-electron chi connectivity index (χ4n) is 2.75. The highest BCUT2D eigenvalue weighted by molar-refractivity contribution is 5.82. The van der Waals surface area contributed by atoms with Crippen molar-refractivity contribution in [2.24, 2.45) is 5.92 Å². The first-order valence-electron chi connectivity index (χ1n) is 7.01. The van der Waals surface area contributed by atoms with Crippen molar-refractivity contribution in [1.82, 2.24) is 19.9 Å². The van der Waals surface area contributed by atoms with Gasteiger partial charge in [0.25, 0.3) is 0 Å². The lowest BCUT2D eigenvalue weighted by atomic mass is 10.1. The quantitative estimate of drug-likeness (QED) is 0.838. The normalized spacial score (nSPS) is 21.6. The Morgan fingerprint density at radius 2 is 2.17 bits per heavy atom. The maximum Gasteiger partial charge on any atom is 0.451 e. The topological polar surface area (TPSA) is 92.8 Å². The summed E-state index contributed by atoms with van der Waals surface area (Å²) in [7, 11) is 1.32. The Kier molecular flexibility index (Phi) is 3.82. The average molecular weight is 329 g/mol. The van der Waals surface area contributed by atoms with Crippen molar-refractivity contribution in [2.45, 2.75) is 31.5 Å². The number of alkyl halides is 3. The fourth-order valence-corrected chi connectivity index (χ4v) is 2.75. The number of H-pyrrole nitrogens is 1. The summed E-state index contributed by atoms with van der Waals surface area (Å²) in [5, 5.41) is 2.96. The van der Waals surface area contributed by atoms with Crippen LogP contribution >= 0.6 is 0 Å². The summed E-state index contributed by atoms with van der Waals surface area (Å²) in [4.78, 5) is 25.0. The predicted octanol–water partition coefficient (Wildman–Crippen LogP) is 2.13. The first kappa shape index (κ1) is 15.5. The van der Waals surface area contributed by atoms with Crippen molar-refractivity contribution in [2.75, 3.05) is 12.4 Å². The third-order valence-corrected chi connectivity index (χ3v) is 3.85. The summed E-state index contributed by atoms with van der Waals surface area (Å²) in [5.74, 6) is -1.77. The maximum atomic E-state index is 12.9. The third kappa shape index (κ3) is 3.06. The highest BCUT2D eigenvalue weighted by Gasteiger charge is 2.37. The van der Waals surface area contributed by atoms with E-state index in [1.807, 2.05) is 0 Å². The number of rotatable bonds is 3. The molecule has 0 saturated heterocycles. The number of esters is 1. The van der Waals surface area contributed by atoms with Crippen LogP contribution < -0.4 is 5.32 Å². The zero-order valence-electron chi connectivity index (χ0n) is 12.1. The molecule has 0 aliphatic heterocycles. The van der Waals surface area contributed by atoms with Crippen LogP contribution in [0.15, 0.2) is 6.33 Å². The summed E-state index contributed by atoms with van der Waals surface area (Å²) in [6.07, 6.45) is -1.66. The molecule has 2 aromatic rings. The van der Waals surface area contributed by atoms with Crippen LogP contribution in [0, 0.1) is 5.92 Å². The van der Waals surface area contributed by atoms with Crippen LogP contribution in [0.5, 0.6) is 0 Å². The summed E-state index contributed by atoms with van der Waals surface area (Å²) in [5.41, 5.74) is 0.247. The first-order valence-corrected chi connectivity index (χ1v) is 7.01. The Morgan fingerprint density at radius 1 is 1.39 bits per heavy atom. The number of fused-ring (bicyclic) bond motifs is 1. The SMILES string of the molecule is COC(=O)[C@H]1CC[C@@H](Nc2nc(C(F)(F)F)nc3nc[nH]c23)C1. The summed E-state index contributed by atoms with van der Waals surface area (Å²) in [6.45, 7) is 0. The van der Waals surface area contributed by atoms with Gasteiger partial charge >= 0.3 is 12.1 Å². The van der Waals surface area contributed by atoms with Crippen LogP contribution in [0.25, 0.3) is 11.2 Å². The van der Waals surface area contributed by atoms with Crippen LogP contribution in [0.2, 0.25) is 0 Å². The van der Waals surface area contributed by atoms with E-state index < -0.39 is 12.0 Å². The van der Waals surface area contributed by atoms with E-state index in [1.165, 1.54) is 13.4 Å². The molecular weight excluding hydrogens is 315 g/mol. The van der Waals surface area contributed by atoms with Gasteiger partial charge in [0.05, 0.1) is 19.4 Å². The van der Waals surface area contributed by atoms with E-state index in [0.29, 0.717) is 24.8 Å². The molecule has 10 heteroatoms. The van der Waals surface area contributed by atoms with E-state index in [0.717, 1.165) is 0 Å². The van der Waals surface area contributed by atoms with Gasteiger partial charge in [0.2, 0.25) is 5.82 Å². The van der Waals surface area contributed by atoms with Gasteiger partial charge in [0.15, 0.2) is 11.5 Å². The number of nitrogens with zero attached hydrogens (tertiary/aromatic N) is 3. The number of carbonyl (C=O) groups is 1. The summed E-state index contributed by atoms with van der Waals surface area (Å²) in [6, 6.07) is -0.165. The van der Waals surface area contributed by atoms with Crippen molar-refractivity contribution < 1.29 is 22.7 Å². The maximum absolute atomic E-state index is 12.9.